The molecule has 7 nitrogen and oxygen atoms in total. The third-order valence-electron chi connectivity index (χ3n) is 4.99. The van der Waals surface area contributed by atoms with Gasteiger partial charge in [-0.2, -0.15) is 0 Å². The molecule has 0 radical (unpaired) electrons. The molecule has 0 unspecified atom stereocenters. The summed E-state index contributed by atoms with van der Waals surface area (Å²) in [7, 11) is 1.62. The van der Waals surface area contributed by atoms with Crippen molar-refractivity contribution in [1.29, 1.82) is 0 Å². The van der Waals surface area contributed by atoms with Crippen LogP contribution in [0.3, 0.4) is 0 Å². The Balaban J connectivity index is 0.00000480. The highest BCUT2D eigenvalue weighted by Gasteiger charge is 2.20. The van der Waals surface area contributed by atoms with E-state index in [2.05, 4.69) is 24.1 Å². The van der Waals surface area contributed by atoms with Crippen LogP contribution in [0.1, 0.15) is 65.3 Å². The van der Waals surface area contributed by atoms with E-state index >= 15 is 0 Å². The van der Waals surface area contributed by atoms with Crippen molar-refractivity contribution in [2.24, 2.45) is 5.73 Å². The van der Waals surface area contributed by atoms with E-state index in [9.17, 15) is 4.79 Å². The third kappa shape index (κ3) is 8.61. The van der Waals surface area contributed by atoms with Gasteiger partial charge in [-0.05, 0) is 46.5 Å². The molecule has 2 aromatic rings. The summed E-state index contributed by atoms with van der Waals surface area (Å²) in [4.78, 5) is 16.5. The number of fused-ring (bicyclic) bond motifs is 1. The van der Waals surface area contributed by atoms with Crippen molar-refractivity contribution >= 4 is 51.6 Å². The lowest BCUT2D eigenvalue weighted by Crippen LogP contribution is -2.38. The minimum atomic E-state index is -0.533. The summed E-state index contributed by atoms with van der Waals surface area (Å²) in [6, 6.07) is 3.81. The topological polar surface area (TPSA) is 95.7 Å². The highest BCUT2D eigenvalue weighted by atomic mass is 127. The number of carbonyl (C=O) groups is 1. The van der Waals surface area contributed by atoms with E-state index in [1.807, 2.05) is 32.9 Å². The summed E-state index contributed by atoms with van der Waals surface area (Å²) in [5.41, 5.74) is 6.52. The number of rotatable bonds is 10. The average Bonchev–Trinajstić information content (AvgIpc) is 3.09. The van der Waals surface area contributed by atoms with Gasteiger partial charge in [-0.1, -0.05) is 13.8 Å². The highest BCUT2D eigenvalue weighted by molar-refractivity contribution is 14.0. The predicted molar refractivity (Wildman–Crippen MR) is 137 cm³/mol. The molecule has 0 fully saturated rings. The molecule has 0 aliphatic carbocycles. The number of thiazole rings is 1. The monoisotopic (exact) mass is 565 g/mol. The van der Waals surface area contributed by atoms with Gasteiger partial charge in [0.2, 0.25) is 0 Å². The van der Waals surface area contributed by atoms with Crippen LogP contribution in [0.25, 0.3) is 10.2 Å². The van der Waals surface area contributed by atoms with Gasteiger partial charge in [0, 0.05) is 17.7 Å². The van der Waals surface area contributed by atoms with Crippen molar-refractivity contribution in [3.05, 3.63) is 17.1 Å². The van der Waals surface area contributed by atoms with Gasteiger partial charge < -0.3 is 25.3 Å². The Morgan fingerprint density at radius 1 is 1.19 bits per heavy atom. The third-order valence-corrected chi connectivity index (χ3v) is 6.00. The van der Waals surface area contributed by atoms with Gasteiger partial charge in [0.1, 0.15) is 10.6 Å². The van der Waals surface area contributed by atoms with Crippen molar-refractivity contribution in [3.63, 3.8) is 0 Å². The Bertz CT molecular complexity index is 847. The minimum absolute atomic E-state index is 0. The van der Waals surface area contributed by atoms with E-state index in [0.717, 1.165) is 40.9 Å². The molecular weight excluding hydrogens is 529 g/mol. The normalized spacial score (nSPS) is 11.7. The highest BCUT2D eigenvalue weighted by Crippen LogP contribution is 2.35. The molecule has 1 heterocycles. The minimum Gasteiger partial charge on any atom is -0.493 e. The van der Waals surface area contributed by atoms with Crippen LogP contribution in [0.2, 0.25) is 0 Å². The van der Waals surface area contributed by atoms with Crippen LogP contribution >= 0.6 is 35.3 Å². The van der Waals surface area contributed by atoms with Crippen molar-refractivity contribution < 1.29 is 19.0 Å². The number of hydrogen-bond donors (Lipinski definition) is 2. The summed E-state index contributed by atoms with van der Waals surface area (Å²) in [6.45, 7) is 10.6. The number of benzene rings is 1. The summed E-state index contributed by atoms with van der Waals surface area (Å²) in [5, 5.41) is 3.53. The average molecular weight is 566 g/mol. The Hall–Kier alpha value is -1.33. The molecule has 1 amide bonds. The maximum Gasteiger partial charge on any atom is 0.408 e. The van der Waals surface area contributed by atoms with Crippen LogP contribution < -0.4 is 20.5 Å². The molecule has 176 valence electrons. The van der Waals surface area contributed by atoms with Gasteiger partial charge in [-0.15, -0.1) is 35.3 Å². The molecule has 0 saturated carbocycles. The number of halogens is 1. The maximum atomic E-state index is 11.9. The molecule has 9 heteroatoms. The van der Waals surface area contributed by atoms with Gasteiger partial charge >= 0.3 is 6.09 Å². The molecule has 1 aromatic carbocycles. The molecule has 1 aromatic heterocycles. The van der Waals surface area contributed by atoms with E-state index in [4.69, 9.17) is 19.9 Å². The van der Waals surface area contributed by atoms with Crippen molar-refractivity contribution in [3.8, 4) is 11.5 Å². The maximum absolute atomic E-state index is 11.9. The van der Waals surface area contributed by atoms with E-state index in [1.165, 1.54) is 11.3 Å². The number of ether oxygens (including phenoxy) is 3. The number of nitrogens with zero attached hydrogens (tertiary/aromatic N) is 1. The van der Waals surface area contributed by atoms with Crippen LogP contribution in [-0.4, -0.2) is 35.9 Å². The van der Waals surface area contributed by atoms with Crippen molar-refractivity contribution in [2.75, 3.05) is 13.7 Å². The largest absolute Gasteiger partial charge is 0.493 e. The first-order chi connectivity index (χ1) is 14.1. The van der Waals surface area contributed by atoms with Crippen LogP contribution in [0.15, 0.2) is 12.1 Å². The molecule has 3 N–H and O–H groups in total. The SMILES string of the molecule is CCC(N)(CC)CCCOc1cc2nc(CNC(=O)OC(C)(C)C)sc2cc1OC.I. The van der Waals surface area contributed by atoms with E-state index in [1.54, 1.807) is 7.11 Å². The van der Waals surface area contributed by atoms with E-state index in [-0.39, 0.29) is 29.5 Å². The van der Waals surface area contributed by atoms with Crippen LogP contribution in [0.5, 0.6) is 11.5 Å². The van der Waals surface area contributed by atoms with Gasteiger partial charge in [0.25, 0.3) is 0 Å². The molecule has 2 rings (SSSR count). The summed E-state index contributed by atoms with van der Waals surface area (Å²) in [6.07, 6.45) is 3.25. The lowest BCUT2D eigenvalue weighted by atomic mass is 9.89. The number of carbonyl (C=O) groups excluding carboxylic acids is 1. The second-order valence-electron chi connectivity index (χ2n) is 8.46. The molecule has 0 aliphatic heterocycles. The molecule has 31 heavy (non-hydrogen) atoms. The molecule has 0 aliphatic rings. The fourth-order valence-corrected chi connectivity index (χ4v) is 3.92. The quantitative estimate of drug-likeness (QED) is 0.287. The molecule has 0 bridgehead atoms. The number of nitrogens with two attached hydrogens (primary N) is 1. The van der Waals surface area contributed by atoms with Crippen LogP contribution in [-0.2, 0) is 11.3 Å². The molecule has 0 saturated heterocycles. The molecule has 0 spiro atoms. The Labute approximate surface area is 206 Å². The zero-order valence-electron chi connectivity index (χ0n) is 19.4. The zero-order valence-corrected chi connectivity index (χ0v) is 22.5. The van der Waals surface area contributed by atoms with Gasteiger partial charge in [-0.3, -0.25) is 0 Å². The van der Waals surface area contributed by atoms with Crippen molar-refractivity contribution in [1.82, 2.24) is 10.3 Å². The first-order valence-electron chi connectivity index (χ1n) is 10.4. The fraction of sp³-hybridized carbons (Fsp3) is 0.636. The predicted octanol–water partition coefficient (Wildman–Crippen LogP) is 5.62. The van der Waals surface area contributed by atoms with Gasteiger partial charge in [0.05, 0.1) is 30.5 Å². The summed E-state index contributed by atoms with van der Waals surface area (Å²) >= 11 is 1.50. The number of alkyl carbamates (subject to hydrolysis) is 1. The second kappa shape index (κ2) is 12.1. The first kappa shape index (κ1) is 27.7. The second-order valence-corrected chi connectivity index (χ2v) is 9.57. The zero-order chi connectivity index (χ0) is 22.4. The van der Waals surface area contributed by atoms with Gasteiger partial charge in [0.15, 0.2) is 11.5 Å². The number of aromatic nitrogens is 1. The van der Waals surface area contributed by atoms with E-state index < -0.39 is 11.7 Å². The standard InChI is InChI=1S/C22H35N3O4S.HI/c1-7-22(23,8-2)10-9-11-28-17-12-15-18(13-16(17)27-6)30-19(25-15)14-24-20(26)29-21(3,4)5;/h12-13H,7-11,14,23H2,1-6H3,(H,24,26);1H. The Morgan fingerprint density at radius 3 is 2.45 bits per heavy atom. The fourth-order valence-electron chi connectivity index (χ4n) is 3.00. The smallest absolute Gasteiger partial charge is 0.408 e. The summed E-state index contributed by atoms with van der Waals surface area (Å²) in [5.74, 6) is 1.33. The van der Waals surface area contributed by atoms with E-state index in [0.29, 0.717) is 24.7 Å². The lowest BCUT2D eigenvalue weighted by molar-refractivity contribution is 0.0523. The number of amides is 1. The number of hydrogen-bond acceptors (Lipinski definition) is 7. The van der Waals surface area contributed by atoms with Crippen LogP contribution in [0.4, 0.5) is 4.79 Å². The molecular formula is C22H36IN3O4S. The summed E-state index contributed by atoms with van der Waals surface area (Å²) < 4.78 is 17.7. The van der Waals surface area contributed by atoms with Crippen molar-refractivity contribution in [2.45, 2.75) is 78.0 Å². The number of nitrogens with one attached hydrogen (secondary N) is 1. The van der Waals surface area contributed by atoms with Crippen LogP contribution in [0, 0.1) is 0 Å². The van der Waals surface area contributed by atoms with Gasteiger partial charge in [-0.25, -0.2) is 9.78 Å². The Kier molecular flexibility index (Phi) is 10.8. The lowest BCUT2D eigenvalue weighted by Gasteiger charge is -2.26. The molecule has 0 atom stereocenters. The Morgan fingerprint density at radius 2 is 1.87 bits per heavy atom. The first-order valence-corrected chi connectivity index (χ1v) is 11.3. The number of methoxy groups -OCH3 is 1.